The number of amides is 1. The highest BCUT2D eigenvalue weighted by atomic mass is 19.1. The molecule has 3 aromatic rings. The Morgan fingerprint density at radius 2 is 2.00 bits per heavy atom. The van der Waals surface area contributed by atoms with Crippen molar-refractivity contribution in [3.8, 4) is 5.75 Å². The van der Waals surface area contributed by atoms with Crippen LogP contribution in [0.25, 0.3) is 11.0 Å². The molecule has 0 saturated heterocycles. The maximum Gasteiger partial charge on any atom is 0.337 e. The van der Waals surface area contributed by atoms with Gasteiger partial charge in [-0.25, -0.2) is 9.18 Å². The van der Waals surface area contributed by atoms with Crippen LogP contribution in [0.5, 0.6) is 5.75 Å². The van der Waals surface area contributed by atoms with E-state index < -0.39 is 5.63 Å². The second kappa shape index (κ2) is 6.76. The molecule has 1 amide bonds. The Labute approximate surface area is 143 Å². The van der Waals surface area contributed by atoms with E-state index in [1.165, 1.54) is 30.2 Å². The van der Waals surface area contributed by atoms with Crippen LogP contribution in [0, 0.1) is 5.82 Å². The number of nitrogens with zero attached hydrogens (tertiary/aromatic N) is 1. The number of benzene rings is 2. The normalized spacial score (nSPS) is 10.7. The summed E-state index contributed by atoms with van der Waals surface area (Å²) in [5.41, 5.74) is 0.537. The van der Waals surface area contributed by atoms with Crippen LogP contribution in [0.15, 0.2) is 57.7 Å². The molecule has 128 valence electrons. The first kappa shape index (κ1) is 16.7. The fourth-order valence-electron chi connectivity index (χ4n) is 2.63. The number of carbonyl (C=O) groups excluding carboxylic acids is 1. The highest BCUT2D eigenvalue weighted by Gasteiger charge is 2.18. The quantitative estimate of drug-likeness (QED) is 0.684. The molecule has 3 rings (SSSR count). The summed E-state index contributed by atoms with van der Waals surface area (Å²) < 4.78 is 23.6. The van der Waals surface area contributed by atoms with Gasteiger partial charge in [0.2, 0.25) is 0 Å². The lowest BCUT2D eigenvalue weighted by molar-refractivity contribution is 0.0786. The average molecular weight is 341 g/mol. The Kier molecular flexibility index (Phi) is 4.52. The minimum atomic E-state index is -0.622. The molecule has 1 aromatic heterocycles. The van der Waals surface area contributed by atoms with Gasteiger partial charge in [0, 0.05) is 31.1 Å². The smallest absolute Gasteiger partial charge is 0.337 e. The van der Waals surface area contributed by atoms with E-state index in [2.05, 4.69) is 0 Å². The first-order valence-corrected chi connectivity index (χ1v) is 7.60. The lowest BCUT2D eigenvalue weighted by Gasteiger charge is -2.18. The Balaban J connectivity index is 1.97. The lowest BCUT2D eigenvalue weighted by Crippen LogP contribution is -2.27. The first-order chi connectivity index (χ1) is 12.0. The molecule has 0 bridgehead atoms. The first-order valence-electron chi connectivity index (χ1n) is 7.60. The Morgan fingerprint density at radius 3 is 2.72 bits per heavy atom. The third kappa shape index (κ3) is 3.52. The molecule has 0 aliphatic heterocycles. The van der Waals surface area contributed by atoms with Crippen LogP contribution >= 0.6 is 0 Å². The molecule has 1 heterocycles. The molecule has 0 atom stereocenters. The van der Waals surface area contributed by atoms with Gasteiger partial charge in [0.15, 0.2) is 0 Å². The lowest BCUT2D eigenvalue weighted by atomic mass is 10.1. The van der Waals surface area contributed by atoms with E-state index in [9.17, 15) is 14.0 Å². The van der Waals surface area contributed by atoms with Crippen LogP contribution in [0.4, 0.5) is 4.39 Å². The summed E-state index contributed by atoms with van der Waals surface area (Å²) in [6, 6.07) is 12.1. The van der Waals surface area contributed by atoms with Crippen molar-refractivity contribution in [2.24, 2.45) is 0 Å². The number of halogens is 1. The average Bonchev–Trinajstić information content (AvgIpc) is 2.59. The van der Waals surface area contributed by atoms with E-state index in [0.717, 1.165) is 0 Å². The molecule has 0 aliphatic rings. The van der Waals surface area contributed by atoms with Crippen LogP contribution < -0.4 is 10.4 Å². The van der Waals surface area contributed by atoms with E-state index in [1.54, 1.807) is 37.4 Å². The number of rotatable bonds is 4. The van der Waals surface area contributed by atoms with Gasteiger partial charge < -0.3 is 14.1 Å². The van der Waals surface area contributed by atoms with Crippen LogP contribution in [0.3, 0.4) is 0 Å². The monoisotopic (exact) mass is 341 g/mol. The number of hydrogen-bond donors (Lipinski definition) is 0. The zero-order chi connectivity index (χ0) is 18.0. The Morgan fingerprint density at radius 1 is 1.20 bits per heavy atom. The van der Waals surface area contributed by atoms with Crippen molar-refractivity contribution in [1.29, 1.82) is 0 Å². The molecular formula is C19H16FNO4. The van der Waals surface area contributed by atoms with Crippen molar-refractivity contribution in [2.45, 2.75) is 6.54 Å². The molecule has 25 heavy (non-hydrogen) atoms. The van der Waals surface area contributed by atoms with Crippen molar-refractivity contribution < 1.29 is 18.3 Å². The predicted octanol–water partition coefficient (Wildman–Crippen LogP) is 3.21. The zero-order valence-electron chi connectivity index (χ0n) is 13.8. The van der Waals surface area contributed by atoms with E-state index in [0.29, 0.717) is 16.7 Å². The molecule has 0 fully saturated rings. The van der Waals surface area contributed by atoms with Crippen molar-refractivity contribution in [3.05, 3.63) is 75.9 Å². The van der Waals surface area contributed by atoms with Gasteiger partial charge in [-0.1, -0.05) is 12.1 Å². The maximum atomic E-state index is 13.3. The third-order valence-electron chi connectivity index (χ3n) is 3.84. The highest BCUT2D eigenvalue weighted by molar-refractivity contribution is 6.05. The van der Waals surface area contributed by atoms with E-state index in [1.807, 2.05) is 0 Å². The van der Waals surface area contributed by atoms with Gasteiger partial charge in [0.25, 0.3) is 5.91 Å². The number of methoxy groups -OCH3 is 1. The molecule has 0 unspecified atom stereocenters. The standard InChI is InChI=1S/C19H16FNO4/c1-21(11-12-4-3-5-13(20)8-12)19(23)16-10-18(22)25-17-9-14(24-2)6-7-15(16)17/h3-10H,11H2,1-2H3. The van der Waals surface area contributed by atoms with Gasteiger partial charge in [-0.2, -0.15) is 0 Å². The van der Waals surface area contributed by atoms with E-state index >= 15 is 0 Å². The van der Waals surface area contributed by atoms with Crippen LogP contribution in [0.2, 0.25) is 0 Å². The summed E-state index contributed by atoms with van der Waals surface area (Å²) in [5.74, 6) is -0.197. The fourth-order valence-corrected chi connectivity index (χ4v) is 2.63. The molecule has 6 heteroatoms. The molecule has 2 aromatic carbocycles. The Bertz CT molecular complexity index is 996. The second-order valence-corrected chi connectivity index (χ2v) is 5.63. The third-order valence-corrected chi connectivity index (χ3v) is 3.84. The number of hydrogen-bond acceptors (Lipinski definition) is 4. The number of ether oxygens (including phenoxy) is 1. The van der Waals surface area contributed by atoms with Crippen LogP contribution in [0.1, 0.15) is 15.9 Å². The van der Waals surface area contributed by atoms with Crippen molar-refractivity contribution >= 4 is 16.9 Å². The van der Waals surface area contributed by atoms with Crippen LogP contribution in [-0.4, -0.2) is 25.0 Å². The molecule has 0 spiro atoms. The van der Waals surface area contributed by atoms with Gasteiger partial charge >= 0.3 is 5.63 Å². The maximum absolute atomic E-state index is 13.3. The van der Waals surface area contributed by atoms with Gasteiger partial charge in [0.05, 0.1) is 12.7 Å². The topological polar surface area (TPSA) is 59.8 Å². The van der Waals surface area contributed by atoms with Crippen molar-refractivity contribution in [1.82, 2.24) is 4.90 Å². The zero-order valence-corrected chi connectivity index (χ0v) is 13.8. The predicted molar refractivity (Wildman–Crippen MR) is 91.2 cm³/mol. The Hall–Kier alpha value is -3.15. The molecule has 0 saturated carbocycles. The van der Waals surface area contributed by atoms with Crippen molar-refractivity contribution in [3.63, 3.8) is 0 Å². The van der Waals surface area contributed by atoms with Gasteiger partial charge in [0.1, 0.15) is 17.1 Å². The van der Waals surface area contributed by atoms with Gasteiger partial charge in [-0.15, -0.1) is 0 Å². The van der Waals surface area contributed by atoms with Crippen LogP contribution in [-0.2, 0) is 6.54 Å². The SMILES string of the molecule is COc1ccc2c(C(=O)N(C)Cc3cccc(F)c3)cc(=O)oc2c1. The second-order valence-electron chi connectivity index (χ2n) is 5.63. The summed E-state index contributed by atoms with van der Waals surface area (Å²) in [6.45, 7) is 0.217. The summed E-state index contributed by atoms with van der Waals surface area (Å²) in [5, 5.41) is 0.511. The minimum absolute atomic E-state index is 0.217. The number of carbonyl (C=O) groups is 1. The van der Waals surface area contributed by atoms with E-state index in [4.69, 9.17) is 9.15 Å². The summed E-state index contributed by atoms with van der Waals surface area (Å²) >= 11 is 0. The molecule has 0 aliphatic carbocycles. The highest BCUT2D eigenvalue weighted by Crippen LogP contribution is 2.23. The van der Waals surface area contributed by atoms with E-state index in [-0.39, 0.29) is 29.4 Å². The molecule has 0 radical (unpaired) electrons. The largest absolute Gasteiger partial charge is 0.497 e. The van der Waals surface area contributed by atoms with Gasteiger partial charge in [-0.05, 0) is 29.8 Å². The summed E-state index contributed by atoms with van der Waals surface area (Å²) in [6.07, 6.45) is 0. The summed E-state index contributed by atoms with van der Waals surface area (Å²) in [4.78, 5) is 26.0. The molecule has 5 nitrogen and oxygen atoms in total. The molecular weight excluding hydrogens is 325 g/mol. The van der Waals surface area contributed by atoms with Crippen molar-refractivity contribution in [2.75, 3.05) is 14.2 Å². The molecule has 0 N–H and O–H groups in total. The number of fused-ring (bicyclic) bond motifs is 1. The fraction of sp³-hybridized carbons (Fsp3) is 0.158. The minimum Gasteiger partial charge on any atom is -0.497 e. The van der Waals surface area contributed by atoms with Gasteiger partial charge in [-0.3, -0.25) is 4.79 Å². The summed E-state index contributed by atoms with van der Waals surface area (Å²) in [7, 11) is 3.10.